The van der Waals surface area contributed by atoms with Gasteiger partial charge in [0.2, 0.25) is 5.92 Å². The third-order valence-electron chi connectivity index (χ3n) is 4.43. The van der Waals surface area contributed by atoms with Crippen LogP contribution in [0.15, 0.2) is 12.1 Å². The molecule has 0 saturated heterocycles. The molecule has 1 aliphatic rings. The molecule has 2 heterocycles. The molecule has 0 aromatic carbocycles. The molecule has 0 unspecified atom stereocenters. The van der Waals surface area contributed by atoms with E-state index in [1.165, 1.54) is 0 Å². The van der Waals surface area contributed by atoms with Crippen molar-refractivity contribution in [2.24, 2.45) is 5.92 Å². The average molecular weight is 320 g/mol. The van der Waals surface area contributed by atoms with Gasteiger partial charge in [-0.3, -0.25) is 0 Å². The van der Waals surface area contributed by atoms with Crippen molar-refractivity contribution in [1.82, 2.24) is 19.7 Å². The lowest BCUT2D eigenvalue weighted by atomic mass is 9.84. The fourth-order valence-corrected chi connectivity index (χ4v) is 3.25. The number of aromatic nitrogens is 4. The molecule has 2 aromatic rings. The Kier molecular flexibility index (Phi) is 4.17. The minimum absolute atomic E-state index is 0.00789. The molecule has 3 rings (SSSR count). The van der Waals surface area contributed by atoms with Crippen molar-refractivity contribution in [2.75, 3.05) is 0 Å². The van der Waals surface area contributed by atoms with E-state index in [1.54, 1.807) is 4.68 Å². The van der Waals surface area contributed by atoms with Gasteiger partial charge in [0.25, 0.3) is 5.95 Å². The SMILES string of the molecule is Cc1cc(CC2CCC(F)(F)CC2)nc(-n2nc(C)cc2C)n1. The van der Waals surface area contributed by atoms with Gasteiger partial charge in [-0.15, -0.1) is 0 Å². The van der Waals surface area contributed by atoms with Gasteiger partial charge in [0.15, 0.2) is 0 Å². The molecule has 4 nitrogen and oxygen atoms in total. The summed E-state index contributed by atoms with van der Waals surface area (Å²) in [6.45, 7) is 5.83. The molecule has 0 radical (unpaired) electrons. The van der Waals surface area contributed by atoms with Crippen LogP contribution in [0.5, 0.6) is 0 Å². The first kappa shape index (κ1) is 16.0. The zero-order chi connectivity index (χ0) is 16.6. The minimum atomic E-state index is -2.48. The Morgan fingerprint density at radius 1 is 1.09 bits per heavy atom. The Morgan fingerprint density at radius 3 is 2.39 bits per heavy atom. The van der Waals surface area contributed by atoms with Gasteiger partial charge in [-0.1, -0.05) is 0 Å². The second-order valence-corrected chi connectivity index (χ2v) is 6.64. The van der Waals surface area contributed by atoms with Crippen LogP contribution in [0.3, 0.4) is 0 Å². The summed E-state index contributed by atoms with van der Waals surface area (Å²) >= 11 is 0. The van der Waals surface area contributed by atoms with Crippen LogP contribution in [0, 0.1) is 26.7 Å². The van der Waals surface area contributed by atoms with Gasteiger partial charge in [-0.2, -0.15) is 5.10 Å². The highest BCUT2D eigenvalue weighted by atomic mass is 19.3. The molecular weight excluding hydrogens is 298 g/mol. The maximum atomic E-state index is 13.3. The molecule has 1 fully saturated rings. The number of nitrogens with zero attached hydrogens (tertiary/aromatic N) is 4. The molecule has 6 heteroatoms. The van der Waals surface area contributed by atoms with E-state index >= 15 is 0 Å². The molecule has 0 amide bonds. The molecule has 0 bridgehead atoms. The van der Waals surface area contributed by atoms with Gasteiger partial charge < -0.3 is 0 Å². The summed E-state index contributed by atoms with van der Waals surface area (Å²) in [5.74, 6) is -1.64. The minimum Gasteiger partial charge on any atom is -0.216 e. The molecular formula is C17H22F2N4. The number of halogens is 2. The average Bonchev–Trinajstić information content (AvgIpc) is 2.79. The first-order valence-corrected chi connectivity index (χ1v) is 8.08. The fourth-order valence-electron chi connectivity index (χ4n) is 3.25. The standard InChI is InChI=1S/C17H22F2N4/c1-11-9-15(10-14-4-6-17(18,19)7-5-14)21-16(20-11)23-13(3)8-12(2)22-23/h8-9,14H,4-7,10H2,1-3H3. The number of aryl methyl sites for hydroxylation is 3. The summed E-state index contributed by atoms with van der Waals surface area (Å²) in [6, 6.07) is 3.93. The Labute approximate surface area is 135 Å². The number of hydrogen-bond acceptors (Lipinski definition) is 3. The Balaban J connectivity index is 1.80. The fraction of sp³-hybridized carbons (Fsp3) is 0.588. The van der Waals surface area contributed by atoms with E-state index in [0.29, 0.717) is 18.8 Å². The van der Waals surface area contributed by atoms with Crippen molar-refractivity contribution in [2.45, 2.75) is 58.8 Å². The molecule has 2 aromatic heterocycles. The summed E-state index contributed by atoms with van der Waals surface area (Å²) in [5, 5.41) is 4.42. The second kappa shape index (κ2) is 5.98. The van der Waals surface area contributed by atoms with Gasteiger partial charge in [0, 0.05) is 29.9 Å². The summed E-state index contributed by atoms with van der Waals surface area (Å²) in [6.07, 6.45) is 1.83. The Bertz CT molecular complexity index is 699. The van der Waals surface area contributed by atoms with Crippen molar-refractivity contribution in [3.8, 4) is 5.95 Å². The third kappa shape index (κ3) is 3.74. The number of alkyl halides is 2. The van der Waals surface area contributed by atoms with Crippen LogP contribution >= 0.6 is 0 Å². The predicted molar refractivity (Wildman–Crippen MR) is 84.0 cm³/mol. The molecule has 0 N–H and O–H groups in total. The van der Waals surface area contributed by atoms with E-state index in [-0.39, 0.29) is 18.8 Å². The summed E-state index contributed by atoms with van der Waals surface area (Å²) in [5.41, 5.74) is 3.69. The van der Waals surface area contributed by atoms with Crippen molar-refractivity contribution < 1.29 is 8.78 Å². The van der Waals surface area contributed by atoms with E-state index in [0.717, 1.165) is 29.2 Å². The van der Waals surface area contributed by atoms with E-state index in [2.05, 4.69) is 15.1 Å². The van der Waals surface area contributed by atoms with Crippen molar-refractivity contribution >= 4 is 0 Å². The van der Waals surface area contributed by atoms with Crippen LogP contribution in [-0.4, -0.2) is 25.7 Å². The summed E-state index contributed by atoms with van der Waals surface area (Å²) in [7, 11) is 0. The van der Waals surface area contributed by atoms with E-state index < -0.39 is 5.92 Å². The molecule has 0 aliphatic heterocycles. The molecule has 1 aliphatic carbocycles. The van der Waals surface area contributed by atoms with Crippen molar-refractivity contribution in [3.05, 3.63) is 34.9 Å². The van der Waals surface area contributed by atoms with E-state index in [1.807, 2.05) is 32.9 Å². The van der Waals surface area contributed by atoms with Gasteiger partial charge in [0.1, 0.15) is 0 Å². The van der Waals surface area contributed by atoms with Crippen LogP contribution in [-0.2, 0) is 6.42 Å². The lowest BCUT2D eigenvalue weighted by Gasteiger charge is -2.28. The third-order valence-corrected chi connectivity index (χ3v) is 4.43. The monoisotopic (exact) mass is 320 g/mol. The first-order valence-electron chi connectivity index (χ1n) is 8.08. The summed E-state index contributed by atoms with van der Waals surface area (Å²) < 4.78 is 28.3. The molecule has 0 atom stereocenters. The van der Waals surface area contributed by atoms with Crippen molar-refractivity contribution in [3.63, 3.8) is 0 Å². The smallest absolute Gasteiger partial charge is 0.216 e. The maximum Gasteiger partial charge on any atom is 0.251 e. The zero-order valence-corrected chi connectivity index (χ0v) is 13.8. The van der Waals surface area contributed by atoms with Crippen LogP contribution in [0.1, 0.15) is 48.5 Å². The number of rotatable bonds is 3. The van der Waals surface area contributed by atoms with Crippen molar-refractivity contribution in [1.29, 1.82) is 0 Å². The molecule has 0 spiro atoms. The largest absolute Gasteiger partial charge is 0.251 e. The van der Waals surface area contributed by atoms with Crippen LogP contribution in [0.25, 0.3) is 5.95 Å². The molecule has 23 heavy (non-hydrogen) atoms. The second-order valence-electron chi connectivity index (χ2n) is 6.64. The highest BCUT2D eigenvalue weighted by Gasteiger charge is 2.34. The highest BCUT2D eigenvalue weighted by molar-refractivity contribution is 5.23. The van der Waals surface area contributed by atoms with Gasteiger partial charge >= 0.3 is 0 Å². The van der Waals surface area contributed by atoms with Crippen LogP contribution in [0.4, 0.5) is 8.78 Å². The normalized spacial score (nSPS) is 18.3. The lowest BCUT2D eigenvalue weighted by molar-refractivity contribution is -0.0457. The van der Waals surface area contributed by atoms with Gasteiger partial charge in [-0.05, 0) is 58.1 Å². The Morgan fingerprint density at radius 2 is 1.78 bits per heavy atom. The number of hydrogen-bond donors (Lipinski definition) is 0. The zero-order valence-electron chi connectivity index (χ0n) is 13.8. The maximum absolute atomic E-state index is 13.3. The predicted octanol–water partition coefficient (Wildman–Crippen LogP) is 3.96. The Hall–Kier alpha value is -1.85. The first-order chi connectivity index (χ1) is 10.8. The summed E-state index contributed by atoms with van der Waals surface area (Å²) in [4.78, 5) is 9.07. The highest BCUT2D eigenvalue weighted by Crippen LogP contribution is 2.37. The van der Waals surface area contributed by atoms with Crippen LogP contribution in [0.2, 0.25) is 0 Å². The van der Waals surface area contributed by atoms with E-state index in [4.69, 9.17) is 0 Å². The van der Waals surface area contributed by atoms with Gasteiger partial charge in [0.05, 0.1) is 5.69 Å². The van der Waals surface area contributed by atoms with Crippen LogP contribution < -0.4 is 0 Å². The molecule has 1 saturated carbocycles. The lowest BCUT2D eigenvalue weighted by Crippen LogP contribution is -2.25. The topological polar surface area (TPSA) is 43.6 Å². The van der Waals surface area contributed by atoms with E-state index in [9.17, 15) is 8.78 Å². The quantitative estimate of drug-likeness (QED) is 0.860. The van der Waals surface area contributed by atoms with Gasteiger partial charge in [-0.25, -0.2) is 23.4 Å². The molecule has 124 valence electrons.